The number of carbonyl (C=O) groups is 1. The van der Waals surface area contributed by atoms with E-state index in [9.17, 15) is 4.79 Å². The van der Waals surface area contributed by atoms with Crippen molar-refractivity contribution in [2.45, 2.75) is 38.7 Å². The van der Waals surface area contributed by atoms with Crippen molar-refractivity contribution in [1.82, 2.24) is 19.9 Å². The Balaban J connectivity index is 1.68. The van der Waals surface area contributed by atoms with Gasteiger partial charge in [-0.1, -0.05) is 13.8 Å². The third-order valence-electron chi connectivity index (χ3n) is 3.66. The number of rotatable bonds is 4. The second-order valence-corrected chi connectivity index (χ2v) is 5.78. The van der Waals surface area contributed by atoms with Gasteiger partial charge in [0.05, 0.1) is 11.8 Å². The molecule has 118 valence electrons. The Hall–Kier alpha value is -2.15. The maximum atomic E-state index is 12.0. The first-order chi connectivity index (χ1) is 10.6. The van der Waals surface area contributed by atoms with Crippen molar-refractivity contribution in [3.8, 4) is 0 Å². The van der Waals surface area contributed by atoms with Crippen LogP contribution in [0, 0.1) is 0 Å². The number of pyridine rings is 1. The SMILES string of the molecule is CC(C)c1nc2c(NC(=O)NCC3CCCO3)cccn2n1. The lowest BCUT2D eigenvalue weighted by Crippen LogP contribution is -2.35. The average Bonchev–Trinajstić information content (AvgIpc) is 3.15. The largest absolute Gasteiger partial charge is 0.376 e. The molecule has 1 fully saturated rings. The molecule has 0 saturated carbocycles. The molecule has 2 aromatic heterocycles. The van der Waals surface area contributed by atoms with Gasteiger partial charge in [0.25, 0.3) is 0 Å². The van der Waals surface area contributed by atoms with Gasteiger partial charge < -0.3 is 15.4 Å². The summed E-state index contributed by atoms with van der Waals surface area (Å²) in [5, 5.41) is 10.1. The molecule has 0 aliphatic carbocycles. The van der Waals surface area contributed by atoms with Crippen molar-refractivity contribution in [2.75, 3.05) is 18.5 Å². The van der Waals surface area contributed by atoms with E-state index in [1.165, 1.54) is 0 Å². The smallest absolute Gasteiger partial charge is 0.319 e. The number of hydrogen-bond donors (Lipinski definition) is 2. The van der Waals surface area contributed by atoms with Crippen LogP contribution in [0.5, 0.6) is 0 Å². The predicted molar refractivity (Wildman–Crippen MR) is 83.1 cm³/mol. The topological polar surface area (TPSA) is 80.5 Å². The number of anilines is 1. The highest BCUT2D eigenvalue weighted by molar-refractivity contribution is 5.92. The molecule has 3 heterocycles. The van der Waals surface area contributed by atoms with Crippen molar-refractivity contribution in [3.05, 3.63) is 24.2 Å². The lowest BCUT2D eigenvalue weighted by Gasteiger charge is -2.11. The van der Waals surface area contributed by atoms with Gasteiger partial charge in [-0.05, 0) is 25.0 Å². The average molecular weight is 303 g/mol. The molecule has 1 atom stereocenters. The monoisotopic (exact) mass is 303 g/mol. The molecule has 1 aliphatic heterocycles. The first-order valence-corrected chi connectivity index (χ1v) is 7.65. The Labute approximate surface area is 129 Å². The Morgan fingerprint density at radius 1 is 1.55 bits per heavy atom. The van der Waals surface area contributed by atoms with Crippen LogP contribution in [0.4, 0.5) is 10.5 Å². The number of aromatic nitrogens is 3. The lowest BCUT2D eigenvalue weighted by atomic mass is 10.2. The summed E-state index contributed by atoms with van der Waals surface area (Å²) in [6.07, 6.45) is 4.01. The van der Waals surface area contributed by atoms with Crippen LogP contribution in [-0.4, -0.2) is 39.9 Å². The molecule has 7 nitrogen and oxygen atoms in total. The van der Waals surface area contributed by atoms with Gasteiger partial charge >= 0.3 is 6.03 Å². The fraction of sp³-hybridized carbons (Fsp3) is 0.533. The summed E-state index contributed by atoms with van der Waals surface area (Å²) in [5.74, 6) is 0.995. The molecular weight excluding hydrogens is 282 g/mol. The zero-order chi connectivity index (χ0) is 15.5. The first-order valence-electron chi connectivity index (χ1n) is 7.65. The predicted octanol–water partition coefficient (Wildman–Crippen LogP) is 2.15. The summed E-state index contributed by atoms with van der Waals surface area (Å²) in [6.45, 7) is 5.39. The van der Waals surface area contributed by atoms with Gasteiger partial charge in [0.15, 0.2) is 11.5 Å². The number of ether oxygens (including phenoxy) is 1. The summed E-state index contributed by atoms with van der Waals surface area (Å²) in [6, 6.07) is 3.40. The second-order valence-electron chi connectivity index (χ2n) is 5.78. The van der Waals surface area contributed by atoms with E-state index in [-0.39, 0.29) is 18.1 Å². The molecule has 0 bridgehead atoms. The molecule has 0 spiro atoms. The molecule has 1 saturated heterocycles. The number of nitrogens with one attached hydrogen (secondary N) is 2. The molecule has 3 rings (SSSR count). The minimum Gasteiger partial charge on any atom is -0.376 e. The maximum Gasteiger partial charge on any atom is 0.319 e. The molecule has 2 amide bonds. The zero-order valence-electron chi connectivity index (χ0n) is 12.9. The fourth-order valence-corrected chi connectivity index (χ4v) is 2.44. The van der Waals surface area contributed by atoms with Gasteiger partial charge in [-0.15, -0.1) is 0 Å². The van der Waals surface area contributed by atoms with Crippen molar-refractivity contribution in [3.63, 3.8) is 0 Å². The summed E-state index contributed by atoms with van der Waals surface area (Å²) in [5.41, 5.74) is 1.30. The van der Waals surface area contributed by atoms with E-state index in [0.717, 1.165) is 25.3 Å². The third kappa shape index (κ3) is 3.19. The minimum atomic E-state index is -0.252. The normalized spacial score (nSPS) is 18.0. The number of fused-ring (bicyclic) bond motifs is 1. The Morgan fingerprint density at radius 3 is 3.14 bits per heavy atom. The molecule has 7 heteroatoms. The van der Waals surface area contributed by atoms with Gasteiger partial charge in [-0.2, -0.15) is 5.10 Å². The van der Waals surface area contributed by atoms with Gasteiger partial charge in [0.2, 0.25) is 0 Å². The van der Waals surface area contributed by atoms with Gasteiger partial charge in [0, 0.05) is 25.3 Å². The van der Waals surface area contributed by atoms with E-state index in [1.807, 2.05) is 32.2 Å². The zero-order valence-corrected chi connectivity index (χ0v) is 12.9. The van der Waals surface area contributed by atoms with Crippen LogP contribution in [0.2, 0.25) is 0 Å². The number of urea groups is 1. The summed E-state index contributed by atoms with van der Waals surface area (Å²) < 4.78 is 7.17. The van der Waals surface area contributed by atoms with E-state index in [4.69, 9.17) is 4.74 Å². The molecular formula is C15H21N5O2. The van der Waals surface area contributed by atoms with Crippen molar-refractivity contribution < 1.29 is 9.53 Å². The van der Waals surface area contributed by atoms with Crippen molar-refractivity contribution in [1.29, 1.82) is 0 Å². The van der Waals surface area contributed by atoms with Crippen LogP contribution in [0.15, 0.2) is 18.3 Å². The van der Waals surface area contributed by atoms with E-state index >= 15 is 0 Å². The number of hydrogen-bond acceptors (Lipinski definition) is 4. The molecule has 1 unspecified atom stereocenters. The van der Waals surface area contributed by atoms with E-state index < -0.39 is 0 Å². The molecule has 2 N–H and O–H groups in total. The van der Waals surface area contributed by atoms with Gasteiger partial charge in [-0.25, -0.2) is 14.3 Å². The quantitative estimate of drug-likeness (QED) is 0.907. The van der Waals surface area contributed by atoms with Crippen LogP contribution in [0.25, 0.3) is 5.65 Å². The van der Waals surface area contributed by atoms with Crippen LogP contribution < -0.4 is 10.6 Å². The van der Waals surface area contributed by atoms with Crippen molar-refractivity contribution >= 4 is 17.4 Å². The van der Waals surface area contributed by atoms with E-state index in [0.29, 0.717) is 17.9 Å². The Kier molecular flexibility index (Phi) is 4.24. The third-order valence-corrected chi connectivity index (χ3v) is 3.66. The number of amides is 2. The Bertz CT molecular complexity index is 661. The second kappa shape index (κ2) is 6.31. The van der Waals surface area contributed by atoms with Crippen LogP contribution in [-0.2, 0) is 4.74 Å². The van der Waals surface area contributed by atoms with E-state index in [2.05, 4.69) is 20.7 Å². The number of nitrogens with zero attached hydrogens (tertiary/aromatic N) is 3. The van der Waals surface area contributed by atoms with Crippen LogP contribution >= 0.6 is 0 Å². The maximum absolute atomic E-state index is 12.0. The van der Waals surface area contributed by atoms with Gasteiger partial charge in [0.1, 0.15) is 0 Å². The summed E-state index contributed by atoms with van der Waals surface area (Å²) in [4.78, 5) is 16.5. The standard InChI is InChI=1S/C15H21N5O2/c1-10(2)13-18-14-12(6-3-7-20(14)19-13)17-15(21)16-9-11-5-4-8-22-11/h3,6-7,10-11H,4-5,8-9H2,1-2H3,(H2,16,17,21). The fourth-order valence-electron chi connectivity index (χ4n) is 2.44. The van der Waals surface area contributed by atoms with Crippen LogP contribution in [0.1, 0.15) is 38.4 Å². The Morgan fingerprint density at radius 2 is 2.41 bits per heavy atom. The lowest BCUT2D eigenvalue weighted by molar-refractivity contribution is 0.112. The molecule has 22 heavy (non-hydrogen) atoms. The number of carbonyl (C=O) groups excluding carboxylic acids is 1. The van der Waals surface area contributed by atoms with Gasteiger partial charge in [-0.3, -0.25) is 0 Å². The van der Waals surface area contributed by atoms with Crippen LogP contribution in [0.3, 0.4) is 0 Å². The molecule has 0 radical (unpaired) electrons. The highest BCUT2D eigenvalue weighted by Gasteiger charge is 2.17. The highest BCUT2D eigenvalue weighted by atomic mass is 16.5. The molecule has 1 aliphatic rings. The summed E-state index contributed by atoms with van der Waals surface area (Å²) >= 11 is 0. The molecule has 0 aromatic carbocycles. The first kappa shape index (κ1) is 14.8. The van der Waals surface area contributed by atoms with E-state index in [1.54, 1.807) is 4.52 Å². The summed E-state index contributed by atoms with van der Waals surface area (Å²) in [7, 11) is 0. The molecule has 2 aromatic rings. The minimum absolute atomic E-state index is 0.127. The highest BCUT2D eigenvalue weighted by Crippen LogP contribution is 2.18. The van der Waals surface area contributed by atoms with Crippen molar-refractivity contribution in [2.24, 2.45) is 0 Å².